The van der Waals surface area contributed by atoms with E-state index in [-0.39, 0.29) is 16.8 Å². The predicted octanol–water partition coefficient (Wildman–Crippen LogP) is 3.67. The van der Waals surface area contributed by atoms with Gasteiger partial charge in [0.15, 0.2) is 6.10 Å². The average molecular weight is 385 g/mol. The smallest absolute Gasteiger partial charge is 0.326 e. The van der Waals surface area contributed by atoms with Crippen LogP contribution in [0.5, 0.6) is 0 Å². The fourth-order valence-electron chi connectivity index (χ4n) is 2.55. The topological polar surface area (TPSA) is 72.5 Å². The summed E-state index contributed by atoms with van der Waals surface area (Å²) in [5, 5.41) is 2.34. The SMILES string of the molecule is C[C@H](OC(=O)CNC(=O)c1cccc(F)c1)C(=O)c1ccc(C(C)(C)C)cc1. The highest BCUT2D eigenvalue weighted by Gasteiger charge is 2.21. The van der Waals surface area contributed by atoms with Gasteiger partial charge in [-0.15, -0.1) is 0 Å². The maximum absolute atomic E-state index is 13.1. The van der Waals surface area contributed by atoms with Crippen molar-refractivity contribution in [2.45, 2.75) is 39.2 Å². The molecule has 2 rings (SSSR count). The van der Waals surface area contributed by atoms with E-state index in [1.165, 1.54) is 25.1 Å². The summed E-state index contributed by atoms with van der Waals surface area (Å²) in [6.07, 6.45) is -0.987. The van der Waals surface area contributed by atoms with Crippen molar-refractivity contribution < 1.29 is 23.5 Å². The van der Waals surface area contributed by atoms with Crippen molar-refractivity contribution in [2.75, 3.05) is 6.54 Å². The Morgan fingerprint density at radius 3 is 2.25 bits per heavy atom. The number of benzene rings is 2. The third kappa shape index (κ3) is 5.74. The zero-order valence-electron chi connectivity index (χ0n) is 16.4. The Morgan fingerprint density at radius 2 is 1.68 bits per heavy atom. The molecule has 2 aromatic rings. The van der Waals surface area contributed by atoms with Crippen molar-refractivity contribution >= 4 is 17.7 Å². The second-order valence-electron chi connectivity index (χ2n) is 7.52. The Kier molecular flexibility index (Phi) is 6.67. The number of hydrogen-bond acceptors (Lipinski definition) is 4. The molecule has 2 aromatic carbocycles. The van der Waals surface area contributed by atoms with Crippen molar-refractivity contribution in [3.63, 3.8) is 0 Å². The van der Waals surface area contributed by atoms with Crippen molar-refractivity contribution in [3.8, 4) is 0 Å². The summed E-state index contributed by atoms with van der Waals surface area (Å²) in [6.45, 7) is 7.29. The number of ether oxygens (including phenoxy) is 1. The number of nitrogens with one attached hydrogen (secondary N) is 1. The third-order valence-electron chi connectivity index (χ3n) is 4.19. The van der Waals surface area contributed by atoms with Gasteiger partial charge in [0, 0.05) is 11.1 Å². The minimum absolute atomic E-state index is 0.0282. The molecule has 1 amide bonds. The molecule has 6 heteroatoms. The van der Waals surface area contributed by atoms with E-state index in [1.54, 1.807) is 12.1 Å². The Balaban J connectivity index is 1.89. The fraction of sp³-hybridized carbons (Fsp3) is 0.318. The summed E-state index contributed by atoms with van der Waals surface area (Å²) in [4.78, 5) is 36.2. The van der Waals surface area contributed by atoms with Crippen LogP contribution in [-0.2, 0) is 14.9 Å². The van der Waals surface area contributed by atoms with Crippen molar-refractivity contribution in [1.82, 2.24) is 5.32 Å². The molecule has 0 aromatic heterocycles. The molecule has 1 N–H and O–H groups in total. The largest absolute Gasteiger partial charge is 0.453 e. The molecule has 0 aliphatic rings. The number of amides is 1. The molecule has 28 heavy (non-hydrogen) atoms. The summed E-state index contributed by atoms with van der Waals surface area (Å²) < 4.78 is 18.2. The first-order chi connectivity index (χ1) is 13.1. The van der Waals surface area contributed by atoms with Crippen molar-refractivity contribution in [2.24, 2.45) is 0 Å². The molecule has 0 heterocycles. The van der Waals surface area contributed by atoms with Crippen LogP contribution in [0.15, 0.2) is 48.5 Å². The molecular formula is C22H24FNO4. The van der Waals surface area contributed by atoms with Gasteiger partial charge in [0.1, 0.15) is 12.4 Å². The van der Waals surface area contributed by atoms with Crippen LogP contribution < -0.4 is 5.32 Å². The number of carbonyl (C=O) groups is 3. The van der Waals surface area contributed by atoms with Gasteiger partial charge in [-0.1, -0.05) is 51.1 Å². The Bertz CT molecular complexity index is 869. The molecule has 1 atom stereocenters. The van der Waals surface area contributed by atoms with E-state index >= 15 is 0 Å². The summed E-state index contributed by atoms with van der Waals surface area (Å²) in [5.74, 6) is -2.23. The van der Waals surface area contributed by atoms with Crippen LogP contribution in [0.3, 0.4) is 0 Å². The summed E-state index contributed by atoms with van der Waals surface area (Å²) >= 11 is 0. The molecule has 0 saturated carbocycles. The van der Waals surface area contributed by atoms with Crippen LogP contribution in [0, 0.1) is 5.82 Å². The van der Waals surface area contributed by atoms with Crippen molar-refractivity contribution in [1.29, 1.82) is 0 Å². The zero-order chi connectivity index (χ0) is 20.9. The quantitative estimate of drug-likeness (QED) is 0.608. The number of Topliss-reactive ketones (excluding diaryl/α,β-unsaturated/α-hetero) is 1. The molecule has 0 fully saturated rings. The minimum atomic E-state index is -0.987. The van der Waals surface area contributed by atoms with Gasteiger partial charge >= 0.3 is 5.97 Å². The lowest BCUT2D eigenvalue weighted by Gasteiger charge is -2.19. The van der Waals surface area contributed by atoms with Crippen LogP contribution in [0.1, 0.15) is 54.0 Å². The molecule has 0 unspecified atom stereocenters. The van der Waals surface area contributed by atoms with Crippen molar-refractivity contribution in [3.05, 3.63) is 71.0 Å². The van der Waals surface area contributed by atoms with E-state index in [9.17, 15) is 18.8 Å². The zero-order valence-corrected chi connectivity index (χ0v) is 16.4. The second kappa shape index (κ2) is 8.78. The number of rotatable bonds is 6. The van der Waals surface area contributed by atoms with E-state index in [2.05, 4.69) is 26.1 Å². The summed E-state index contributed by atoms with van der Waals surface area (Å²) in [5.41, 5.74) is 1.60. The Hall–Kier alpha value is -3.02. The van der Waals surface area contributed by atoms with E-state index in [1.807, 2.05) is 12.1 Å². The Morgan fingerprint density at radius 1 is 1.04 bits per heavy atom. The van der Waals surface area contributed by atoms with E-state index in [0.717, 1.165) is 11.6 Å². The summed E-state index contributed by atoms with van der Waals surface area (Å²) in [7, 11) is 0. The van der Waals surface area contributed by atoms with Crippen LogP contribution >= 0.6 is 0 Å². The average Bonchev–Trinajstić information content (AvgIpc) is 2.64. The number of hydrogen-bond donors (Lipinski definition) is 1. The molecule has 148 valence electrons. The second-order valence-corrected chi connectivity index (χ2v) is 7.52. The highest BCUT2D eigenvalue weighted by atomic mass is 19.1. The predicted molar refractivity (Wildman–Crippen MR) is 104 cm³/mol. The lowest BCUT2D eigenvalue weighted by molar-refractivity contribution is -0.145. The monoisotopic (exact) mass is 385 g/mol. The number of halogens is 1. The van der Waals surface area contributed by atoms with Crippen LogP contribution in [0.2, 0.25) is 0 Å². The highest BCUT2D eigenvalue weighted by Crippen LogP contribution is 2.22. The Labute approximate surface area is 163 Å². The van der Waals surface area contributed by atoms with Gasteiger partial charge in [-0.2, -0.15) is 0 Å². The standard InChI is InChI=1S/C22H24FNO4/c1-14(20(26)15-8-10-17(11-9-15)22(2,3)4)28-19(25)13-24-21(27)16-6-5-7-18(23)12-16/h5-12,14H,13H2,1-4H3,(H,24,27)/t14-/m0/s1. The van der Waals surface area contributed by atoms with E-state index in [0.29, 0.717) is 5.56 Å². The molecule has 0 spiro atoms. The van der Waals surface area contributed by atoms with Gasteiger partial charge < -0.3 is 10.1 Å². The molecule has 0 aliphatic carbocycles. The lowest BCUT2D eigenvalue weighted by Crippen LogP contribution is -2.34. The maximum atomic E-state index is 13.1. The molecule has 0 aliphatic heterocycles. The number of ketones is 1. The molecule has 0 saturated heterocycles. The van der Waals surface area contributed by atoms with E-state index < -0.39 is 30.3 Å². The third-order valence-corrected chi connectivity index (χ3v) is 4.19. The lowest BCUT2D eigenvalue weighted by atomic mass is 9.86. The van der Waals surface area contributed by atoms with Gasteiger partial charge in [-0.05, 0) is 36.1 Å². The minimum Gasteiger partial charge on any atom is -0.453 e. The highest BCUT2D eigenvalue weighted by molar-refractivity contribution is 6.00. The molecular weight excluding hydrogens is 361 g/mol. The summed E-state index contributed by atoms with van der Waals surface area (Å²) in [6, 6.07) is 12.3. The van der Waals surface area contributed by atoms with Gasteiger partial charge in [0.25, 0.3) is 5.91 Å². The fourth-order valence-corrected chi connectivity index (χ4v) is 2.55. The number of carbonyl (C=O) groups excluding carboxylic acids is 3. The van der Waals surface area contributed by atoms with Gasteiger partial charge in [0.05, 0.1) is 0 Å². The van der Waals surface area contributed by atoms with Gasteiger partial charge in [0.2, 0.25) is 5.78 Å². The first-order valence-corrected chi connectivity index (χ1v) is 8.96. The molecule has 0 bridgehead atoms. The van der Waals surface area contributed by atoms with Crippen LogP contribution in [0.25, 0.3) is 0 Å². The van der Waals surface area contributed by atoms with Crippen LogP contribution in [0.4, 0.5) is 4.39 Å². The normalized spacial score (nSPS) is 12.2. The van der Waals surface area contributed by atoms with Crippen LogP contribution in [-0.4, -0.2) is 30.3 Å². The first kappa shape index (κ1) is 21.3. The van der Waals surface area contributed by atoms with E-state index in [4.69, 9.17) is 4.74 Å². The van der Waals surface area contributed by atoms with Gasteiger partial charge in [-0.25, -0.2) is 4.39 Å². The van der Waals surface area contributed by atoms with Gasteiger partial charge in [-0.3, -0.25) is 14.4 Å². The number of esters is 1. The first-order valence-electron chi connectivity index (χ1n) is 8.96. The maximum Gasteiger partial charge on any atom is 0.326 e. The molecule has 5 nitrogen and oxygen atoms in total. The molecule has 0 radical (unpaired) electrons.